The summed E-state index contributed by atoms with van der Waals surface area (Å²) in [6.07, 6.45) is 2.22. The van der Waals surface area contributed by atoms with E-state index in [1.54, 1.807) is 0 Å². The summed E-state index contributed by atoms with van der Waals surface area (Å²) in [4.78, 5) is 0. The van der Waals surface area contributed by atoms with Crippen LogP contribution in [-0.4, -0.2) is 20.0 Å². The van der Waals surface area contributed by atoms with Gasteiger partial charge in [0, 0.05) is 7.26 Å². The zero-order valence-electron chi connectivity index (χ0n) is 7.99. The molecular formula is C11H16P+. The van der Waals surface area contributed by atoms with Gasteiger partial charge in [-0.1, -0.05) is 30.3 Å². The monoisotopic (exact) mass is 179 g/mol. The van der Waals surface area contributed by atoms with Crippen LogP contribution in [0.4, 0.5) is 0 Å². The molecule has 0 N–H and O–H groups in total. The van der Waals surface area contributed by atoms with Gasteiger partial charge in [-0.05, 0) is 11.6 Å². The summed E-state index contributed by atoms with van der Waals surface area (Å²) in [7, 11) is -0.762. The Hall–Kier alpha value is -0.610. The van der Waals surface area contributed by atoms with Crippen LogP contribution in [0.25, 0.3) is 6.08 Å². The SMILES string of the molecule is C[P+](C)(C)/C=C/c1ccccc1. The molecule has 1 aromatic rings. The minimum absolute atomic E-state index is 0.762. The van der Waals surface area contributed by atoms with Crippen molar-refractivity contribution in [2.24, 2.45) is 0 Å². The van der Waals surface area contributed by atoms with Gasteiger partial charge >= 0.3 is 0 Å². The molecule has 0 saturated carbocycles. The molecule has 1 aromatic carbocycles. The van der Waals surface area contributed by atoms with Crippen LogP contribution in [0, 0.1) is 0 Å². The van der Waals surface area contributed by atoms with Crippen molar-refractivity contribution >= 4 is 13.3 Å². The molecule has 0 aliphatic carbocycles. The van der Waals surface area contributed by atoms with Gasteiger partial charge < -0.3 is 0 Å². The van der Waals surface area contributed by atoms with E-state index >= 15 is 0 Å². The van der Waals surface area contributed by atoms with Crippen molar-refractivity contribution < 1.29 is 0 Å². The average Bonchev–Trinajstić information content (AvgIpc) is 2.02. The third-order valence-electron chi connectivity index (χ3n) is 1.51. The fourth-order valence-corrected chi connectivity index (χ4v) is 1.49. The largest absolute Gasteiger partial charge is 0.0622 e. The zero-order chi connectivity index (χ0) is 9.03. The van der Waals surface area contributed by atoms with Crippen molar-refractivity contribution in [1.29, 1.82) is 0 Å². The van der Waals surface area contributed by atoms with E-state index in [4.69, 9.17) is 0 Å². The van der Waals surface area contributed by atoms with Gasteiger partial charge in [-0.3, -0.25) is 0 Å². The molecule has 12 heavy (non-hydrogen) atoms. The van der Waals surface area contributed by atoms with Crippen LogP contribution < -0.4 is 0 Å². The second-order valence-electron chi connectivity index (χ2n) is 3.84. The Morgan fingerprint density at radius 2 is 1.58 bits per heavy atom. The number of hydrogen-bond donors (Lipinski definition) is 0. The van der Waals surface area contributed by atoms with Crippen LogP contribution >= 0.6 is 7.26 Å². The first kappa shape index (κ1) is 9.48. The van der Waals surface area contributed by atoms with Crippen LogP contribution in [0.2, 0.25) is 0 Å². The number of rotatable bonds is 2. The van der Waals surface area contributed by atoms with Gasteiger partial charge in [0.1, 0.15) is 0 Å². The molecule has 0 aliphatic rings. The lowest BCUT2D eigenvalue weighted by atomic mass is 10.2. The predicted molar refractivity (Wildman–Crippen MR) is 60.2 cm³/mol. The molecule has 0 unspecified atom stereocenters. The summed E-state index contributed by atoms with van der Waals surface area (Å²) < 4.78 is 0. The Morgan fingerprint density at radius 1 is 1.00 bits per heavy atom. The van der Waals surface area contributed by atoms with Crippen LogP contribution in [-0.2, 0) is 0 Å². The highest BCUT2D eigenvalue weighted by Crippen LogP contribution is 2.48. The molecule has 0 bridgehead atoms. The Labute approximate surface area is 75.7 Å². The zero-order valence-corrected chi connectivity index (χ0v) is 8.88. The maximum absolute atomic E-state index is 2.34. The van der Waals surface area contributed by atoms with Crippen molar-refractivity contribution in [2.45, 2.75) is 0 Å². The van der Waals surface area contributed by atoms with E-state index in [0.29, 0.717) is 0 Å². The lowest BCUT2D eigenvalue weighted by molar-refractivity contribution is 1.66. The summed E-state index contributed by atoms with van der Waals surface area (Å²) in [5, 5.41) is 0. The van der Waals surface area contributed by atoms with E-state index in [1.165, 1.54) is 5.56 Å². The summed E-state index contributed by atoms with van der Waals surface area (Å²) in [5.41, 5.74) is 1.30. The fourth-order valence-electron chi connectivity index (χ4n) is 0.874. The van der Waals surface area contributed by atoms with E-state index in [2.05, 4.69) is 56.2 Å². The molecule has 0 fully saturated rings. The van der Waals surface area contributed by atoms with Gasteiger partial charge in [0.25, 0.3) is 0 Å². The van der Waals surface area contributed by atoms with E-state index in [1.807, 2.05) is 6.07 Å². The first-order valence-electron chi connectivity index (χ1n) is 4.13. The molecule has 1 heteroatoms. The first-order chi connectivity index (χ1) is 5.58. The van der Waals surface area contributed by atoms with Crippen molar-refractivity contribution in [3.63, 3.8) is 0 Å². The molecule has 0 spiro atoms. The van der Waals surface area contributed by atoms with E-state index in [9.17, 15) is 0 Å². The van der Waals surface area contributed by atoms with Gasteiger partial charge in [-0.25, -0.2) is 0 Å². The van der Waals surface area contributed by atoms with Gasteiger partial charge in [-0.15, -0.1) is 0 Å². The summed E-state index contributed by atoms with van der Waals surface area (Å²) in [6, 6.07) is 10.4. The van der Waals surface area contributed by atoms with Crippen molar-refractivity contribution in [3.8, 4) is 0 Å². The highest BCUT2D eigenvalue weighted by atomic mass is 31.2. The Morgan fingerprint density at radius 3 is 2.08 bits per heavy atom. The molecule has 1 rings (SSSR count). The predicted octanol–water partition coefficient (Wildman–Crippen LogP) is 3.56. The van der Waals surface area contributed by atoms with E-state index in [0.717, 1.165) is 0 Å². The Bertz CT molecular complexity index is 254. The maximum atomic E-state index is 2.34. The average molecular weight is 179 g/mol. The second-order valence-corrected chi connectivity index (χ2v) is 8.37. The third-order valence-corrected chi connectivity index (χ3v) is 2.56. The van der Waals surface area contributed by atoms with Crippen LogP contribution in [0.15, 0.2) is 36.1 Å². The van der Waals surface area contributed by atoms with E-state index < -0.39 is 7.26 Å². The summed E-state index contributed by atoms with van der Waals surface area (Å²) in [5.74, 6) is 2.34. The summed E-state index contributed by atoms with van der Waals surface area (Å²) in [6.45, 7) is 6.94. The van der Waals surface area contributed by atoms with Crippen LogP contribution in [0.5, 0.6) is 0 Å². The van der Waals surface area contributed by atoms with Crippen molar-refractivity contribution in [2.75, 3.05) is 20.0 Å². The molecule has 0 heterocycles. The highest BCUT2D eigenvalue weighted by Gasteiger charge is 2.10. The minimum atomic E-state index is -0.762. The fraction of sp³-hybridized carbons (Fsp3) is 0.273. The van der Waals surface area contributed by atoms with Gasteiger partial charge in [0.05, 0.1) is 25.8 Å². The smallest absolute Gasteiger partial charge is 0.0585 e. The molecule has 0 aliphatic heterocycles. The topological polar surface area (TPSA) is 0 Å². The van der Waals surface area contributed by atoms with Crippen LogP contribution in [0.3, 0.4) is 0 Å². The standard InChI is InChI=1S/C11H16P/c1-12(2,3)10-9-11-7-5-4-6-8-11/h4-10H,1-3H3/q+1/b10-9+. The van der Waals surface area contributed by atoms with Gasteiger partial charge in [-0.2, -0.15) is 0 Å². The van der Waals surface area contributed by atoms with E-state index in [-0.39, 0.29) is 0 Å². The molecule has 0 saturated heterocycles. The maximum Gasteiger partial charge on any atom is 0.0585 e. The first-order valence-corrected chi connectivity index (χ1v) is 7.33. The normalized spacial score (nSPS) is 12.2. The number of hydrogen-bond acceptors (Lipinski definition) is 0. The summed E-state index contributed by atoms with van der Waals surface area (Å²) >= 11 is 0. The van der Waals surface area contributed by atoms with Gasteiger partial charge in [0.2, 0.25) is 0 Å². The molecular weight excluding hydrogens is 163 g/mol. The van der Waals surface area contributed by atoms with Crippen molar-refractivity contribution in [3.05, 3.63) is 41.7 Å². The second kappa shape index (κ2) is 3.87. The van der Waals surface area contributed by atoms with Crippen molar-refractivity contribution in [1.82, 2.24) is 0 Å². The lowest BCUT2D eigenvalue weighted by Gasteiger charge is -2.03. The minimum Gasteiger partial charge on any atom is -0.0622 e. The van der Waals surface area contributed by atoms with Crippen LogP contribution in [0.1, 0.15) is 5.56 Å². The lowest BCUT2D eigenvalue weighted by Crippen LogP contribution is -1.77. The highest BCUT2D eigenvalue weighted by molar-refractivity contribution is 7.76. The van der Waals surface area contributed by atoms with Gasteiger partial charge in [0.15, 0.2) is 0 Å². The third kappa shape index (κ3) is 3.69. The quantitative estimate of drug-likeness (QED) is 0.609. The molecule has 64 valence electrons. The molecule has 0 aromatic heterocycles. The Balaban J connectivity index is 2.71. The molecule has 0 nitrogen and oxygen atoms in total. The Kier molecular flexibility index (Phi) is 3.05. The molecule has 0 amide bonds. The molecule has 0 atom stereocenters. The number of benzene rings is 1. The molecule has 0 radical (unpaired) electrons.